The zero-order chi connectivity index (χ0) is 19.6. The van der Waals surface area contributed by atoms with Gasteiger partial charge in [-0.25, -0.2) is 4.79 Å². The Morgan fingerprint density at radius 1 is 1.04 bits per heavy atom. The smallest absolute Gasteiger partial charge is 0.417 e. The van der Waals surface area contributed by atoms with E-state index in [9.17, 15) is 18.0 Å². The van der Waals surface area contributed by atoms with Crippen LogP contribution in [0.1, 0.15) is 18.1 Å². The number of hydrogen-bond donors (Lipinski definition) is 2. The SMILES string of the molecule is CCc1ccc(NC(=S)Nc2ccc3c(C(F)(F)F)cc(=O)oc3c2)cc1. The van der Waals surface area contributed by atoms with Crippen LogP contribution in [-0.4, -0.2) is 5.11 Å². The van der Waals surface area contributed by atoms with E-state index in [1.54, 1.807) is 0 Å². The molecule has 0 fully saturated rings. The molecule has 4 nitrogen and oxygen atoms in total. The van der Waals surface area contributed by atoms with Crippen molar-refractivity contribution in [2.75, 3.05) is 10.6 Å². The minimum atomic E-state index is -4.65. The summed E-state index contributed by atoms with van der Waals surface area (Å²) in [5.41, 5.74) is 0.0871. The molecule has 0 spiro atoms. The van der Waals surface area contributed by atoms with Crippen LogP contribution in [0.25, 0.3) is 11.0 Å². The highest BCUT2D eigenvalue weighted by atomic mass is 32.1. The van der Waals surface area contributed by atoms with Crippen LogP contribution in [0.2, 0.25) is 0 Å². The number of anilines is 2. The summed E-state index contributed by atoms with van der Waals surface area (Å²) in [5, 5.41) is 5.92. The van der Waals surface area contributed by atoms with Gasteiger partial charge in [-0.15, -0.1) is 0 Å². The van der Waals surface area contributed by atoms with Crippen LogP contribution in [0.3, 0.4) is 0 Å². The van der Waals surface area contributed by atoms with Gasteiger partial charge in [-0.2, -0.15) is 13.2 Å². The predicted molar refractivity (Wildman–Crippen MR) is 103 cm³/mol. The molecule has 0 bridgehead atoms. The Balaban J connectivity index is 1.82. The molecule has 0 unspecified atom stereocenters. The third-order valence-corrected chi connectivity index (χ3v) is 4.13. The molecule has 0 amide bonds. The first-order valence-electron chi connectivity index (χ1n) is 8.08. The summed E-state index contributed by atoms with van der Waals surface area (Å²) in [6.45, 7) is 2.05. The molecule has 3 rings (SSSR count). The van der Waals surface area contributed by atoms with Crippen LogP contribution in [0, 0.1) is 0 Å². The number of rotatable bonds is 3. The van der Waals surface area contributed by atoms with E-state index in [1.807, 2.05) is 24.3 Å². The maximum absolute atomic E-state index is 13.1. The molecule has 0 radical (unpaired) electrons. The van der Waals surface area contributed by atoms with Crippen LogP contribution in [-0.2, 0) is 12.6 Å². The molecule has 0 saturated carbocycles. The van der Waals surface area contributed by atoms with Crippen molar-refractivity contribution in [2.45, 2.75) is 19.5 Å². The quantitative estimate of drug-likeness (QED) is 0.475. The van der Waals surface area contributed by atoms with E-state index in [4.69, 9.17) is 16.6 Å². The molecule has 140 valence electrons. The standard InChI is InChI=1S/C19H15F3N2O2S/c1-2-11-3-5-12(6-4-11)23-18(27)24-13-7-8-14-15(19(20,21)22)10-17(25)26-16(14)9-13/h3-10H,2H2,1H3,(H2,23,24,27). The van der Waals surface area contributed by atoms with E-state index in [1.165, 1.54) is 23.8 Å². The van der Waals surface area contributed by atoms with E-state index < -0.39 is 17.4 Å². The van der Waals surface area contributed by atoms with Crippen molar-refractivity contribution in [2.24, 2.45) is 0 Å². The lowest BCUT2D eigenvalue weighted by Crippen LogP contribution is -2.19. The fourth-order valence-electron chi connectivity index (χ4n) is 2.59. The molecule has 2 aromatic carbocycles. The van der Waals surface area contributed by atoms with Crippen molar-refractivity contribution >= 4 is 39.7 Å². The van der Waals surface area contributed by atoms with E-state index in [0.717, 1.165) is 12.1 Å². The lowest BCUT2D eigenvalue weighted by Gasteiger charge is -2.13. The third kappa shape index (κ3) is 4.46. The Hall–Kier alpha value is -2.87. The molecule has 1 heterocycles. The van der Waals surface area contributed by atoms with Crippen molar-refractivity contribution in [3.8, 4) is 0 Å². The Labute approximate surface area is 158 Å². The zero-order valence-corrected chi connectivity index (χ0v) is 15.0. The second kappa shape index (κ2) is 7.40. The van der Waals surface area contributed by atoms with Crippen molar-refractivity contribution in [1.82, 2.24) is 0 Å². The molecular weight excluding hydrogens is 377 g/mol. The largest absolute Gasteiger partial charge is 0.423 e. The van der Waals surface area contributed by atoms with Crippen molar-refractivity contribution in [3.63, 3.8) is 0 Å². The first-order chi connectivity index (χ1) is 12.8. The average molecular weight is 392 g/mol. The highest BCUT2D eigenvalue weighted by Gasteiger charge is 2.33. The highest BCUT2D eigenvalue weighted by molar-refractivity contribution is 7.80. The van der Waals surface area contributed by atoms with Crippen molar-refractivity contribution in [1.29, 1.82) is 0 Å². The molecule has 0 saturated heterocycles. The van der Waals surface area contributed by atoms with Gasteiger partial charge in [0.15, 0.2) is 5.11 Å². The number of nitrogens with one attached hydrogen (secondary N) is 2. The number of alkyl halides is 3. The van der Waals surface area contributed by atoms with Gasteiger partial charge in [-0.1, -0.05) is 19.1 Å². The maximum atomic E-state index is 13.1. The van der Waals surface area contributed by atoms with Gasteiger partial charge >= 0.3 is 11.8 Å². The Morgan fingerprint density at radius 2 is 1.67 bits per heavy atom. The molecule has 3 aromatic rings. The van der Waals surface area contributed by atoms with Crippen LogP contribution in [0.4, 0.5) is 24.5 Å². The van der Waals surface area contributed by atoms with Crippen LogP contribution in [0.5, 0.6) is 0 Å². The molecule has 0 aliphatic carbocycles. The van der Waals surface area contributed by atoms with Gasteiger partial charge in [0.05, 0.1) is 5.56 Å². The lowest BCUT2D eigenvalue weighted by atomic mass is 10.1. The lowest BCUT2D eigenvalue weighted by molar-refractivity contribution is -0.136. The van der Waals surface area contributed by atoms with E-state index in [0.29, 0.717) is 11.8 Å². The van der Waals surface area contributed by atoms with Crippen LogP contribution >= 0.6 is 12.2 Å². The van der Waals surface area contributed by atoms with Gasteiger partial charge in [0, 0.05) is 28.9 Å². The zero-order valence-electron chi connectivity index (χ0n) is 14.2. The number of fused-ring (bicyclic) bond motifs is 1. The average Bonchev–Trinajstić information content (AvgIpc) is 2.60. The van der Waals surface area contributed by atoms with Crippen LogP contribution < -0.4 is 16.3 Å². The highest BCUT2D eigenvalue weighted by Crippen LogP contribution is 2.34. The normalized spacial score (nSPS) is 11.4. The Bertz CT molecular complexity index is 1040. The number of benzene rings is 2. The van der Waals surface area contributed by atoms with Crippen molar-refractivity contribution < 1.29 is 17.6 Å². The summed E-state index contributed by atoms with van der Waals surface area (Å²) in [6.07, 6.45) is -3.73. The second-order valence-electron chi connectivity index (χ2n) is 5.82. The van der Waals surface area contributed by atoms with Crippen LogP contribution in [0.15, 0.2) is 57.7 Å². The third-order valence-electron chi connectivity index (χ3n) is 3.93. The summed E-state index contributed by atoms with van der Waals surface area (Å²) in [7, 11) is 0. The number of thiocarbonyl (C=S) groups is 1. The summed E-state index contributed by atoms with van der Waals surface area (Å²) in [6, 6.07) is 12.1. The summed E-state index contributed by atoms with van der Waals surface area (Å²) >= 11 is 5.22. The maximum Gasteiger partial charge on any atom is 0.417 e. The number of aryl methyl sites for hydroxylation is 1. The first kappa shape index (κ1) is 18.9. The van der Waals surface area contributed by atoms with Gasteiger partial charge in [0.1, 0.15) is 5.58 Å². The summed E-state index contributed by atoms with van der Waals surface area (Å²) in [5.74, 6) is 0. The van der Waals surface area contributed by atoms with E-state index >= 15 is 0 Å². The molecule has 2 N–H and O–H groups in total. The first-order valence-corrected chi connectivity index (χ1v) is 8.49. The Kier molecular flexibility index (Phi) is 5.18. The number of halogens is 3. The van der Waals surface area contributed by atoms with Gasteiger partial charge in [0.25, 0.3) is 0 Å². The van der Waals surface area contributed by atoms with Gasteiger partial charge in [0.2, 0.25) is 0 Å². The summed E-state index contributed by atoms with van der Waals surface area (Å²) in [4.78, 5) is 11.5. The fourth-order valence-corrected chi connectivity index (χ4v) is 2.83. The summed E-state index contributed by atoms with van der Waals surface area (Å²) < 4.78 is 44.1. The fraction of sp³-hybridized carbons (Fsp3) is 0.158. The van der Waals surface area contributed by atoms with E-state index in [2.05, 4.69) is 17.6 Å². The predicted octanol–water partition coefficient (Wildman–Crippen LogP) is 5.18. The Morgan fingerprint density at radius 3 is 2.30 bits per heavy atom. The molecule has 0 aliphatic heterocycles. The molecule has 0 atom stereocenters. The van der Waals surface area contributed by atoms with Gasteiger partial charge in [-0.05, 0) is 48.5 Å². The minimum absolute atomic E-state index is 0.171. The van der Waals surface area contributed by atoms with Gasteiger partial charge in [-0.3, -0.25) is 0 Å². The molecule has 1 aromatic heterocycles. The van der Waals surface area contributed by atoms with Gasteiger partial charge < -0.3 is 15.1 Å². The second-order valence-corrected chi connectivity index (χ2v) is 6.23. The molecular formula is C19H15F3N2O2S. The minimum Gasteiger partial charge on any atom is -0.423 e. The van der Waals surface area contributed by atoms with E-state index in [-0.39, 0.29) is 16.1 Å². The number of hydrogen-bond acceptors (Lipinski definition) is 3. The topological polar surface area (TPSA) is 54.3 Å². The molecule has 8 heteroatoms. The monoisotopic (exact) mass is 392 g/mol. The molecule has 0 aliphatic rings. The van der Waals surface area contributed by atoms with Crippen molar-refractivity contribution in [3.05, 3.63) is 70.1 Å². The molecule has 27 heavy (non-hydrogen) atoms.